The lowest BCUT2D eigenvalue weighted by atomic mass is 10.0. The van der Waals surface area contributed by atoms with E-state index in [1.54, 1.807) is 0 Å². The van der Waals surface area contributed by atoms with Gasteiger partial charge in [-0.15, -0.1) is 5.10 Å². The van der Waals surface area contributed by atoms with Crippen molar-refractivity contribution in [3.05, 3.63) is 29.8 Å². The third-order valence-corrected chi connectivity index (χ3v) is 4.87. The Bertz CT molecular complexity index is 715. The minimum atomic E-state index is -0.0201. The number of hydrogen-bond donors (Lipinski definition) is 1. The first-order valence-corrected chi connectivity index (χ1v) is 8.69. The number of nitrogens with zero attached hydrogens (tertiary/aromatic N) is 4. The number of hydrogen-bond acceptors (Lipinski definition) is 6. The molecule has 2 heterocycles. The van der Waals surface area contributed by atoms with Crippen LogP contribution in [0.2, 0.25) is 0 Å². The van der Waals surface area contributed by atoms with Gasteiger partial charge in [-0.05, 0) is 41.3 Å². The van der Waals surface area contributed by atoms with Gasteiger partial charge in [0.15, 0.2) is 0 Å². The van der Waals surface area contributed by atoms with Crippen LogP contribution in [-0.2, 0) is 11.2 Å². The third-order valence-electron chi connectivity index (χ3n) is 3.93. The van der Waals surface area contributed by atoms with Gasteiger partial charge in [-0.25, -0.2) is 4.68 Å². The Hall–Kier alpha value is -2.09. The first kappa shape index (κ1) is 14.5. The lowest BCUT2D eigenvalue weighted by molar-refractivity contribution is -0.119. The highest BCUT2D eigenvalue weighted by Gasteiger charge is 2.28. The molecule has 1 N–H and O–H groups in total. The highest BCUT2D eigenvalue weighted by molar-refractivity contribution is 7.99. The quantitative estimate of drug-likeness (QED) is 0.830. The number of carbonyl (C=O) groups is 1. The Morgan fingerprint density at radius 1 is 1.39 bits per heavy atom. The van der Waals surface area contributed by atoms with Gasteiger partial charge in [-0.3, -0.25) is 4.79 Å². The molecule has 1 amide bonds. The Kier molecular flexibility index (Phi) is 3.90. The van der Waals surface area contributed by atoms with Crippen molar-refractivity contribution in [3.8, 4) is 5.75 Å². The summed E-state index contributed by atoms with van der Waals surface area (Å²) in [6.45, 7) is 0.507. The minimum Gasteiger partial charge on any atom is -0.491 e. The molecule has 0 radical (unpaired) electrons. The molecule has 23 heavy (non-hydrogen) atoms. The first-order chi connectivity index (χ1) is 11.3. The number of rotatable bonds is 5. The smallest absolute Gasteiger partial charge is 0.230 e. The van der Waals surface area contributed by atoms with E-state index in [0.29, 0.717) is 23.6 Å². The molecule has 120 valence electrons. The number of thioether (sulfide) groups is 1. The molecule has 0 saturated heterocycles. The van der Waals surface area contributed by atoms with Crippen molar-refractivity contribution in [1.82, 2.24) is 25.5 Å². The number of ether oxygens (including phenoxy) is 1. The lowest BCUT2D eigenvalue weighted by Gasteiger charge is -2.25. The predicted octanol–water partition coefficient (Wildman–Crippen LogP) is 1.22. The van der Waals surface area contributed by atoms with Crippen LogP contribution < -0.4 is 10.1 Å². The zero-order valence-electron chi connectivity index (χ0n) is 12.5. The van der Waals surface area contributed by atoms with Crippen LogP contribution in [-0.4, -0.2) is 44.5 Å². The number of amides is 1. The van der Waals surface area contributed by atoms with E-state index >= 15 is 0 Å². The van der Waals surface area contributed by atoms with Gasteiger partial charge in [0, 0.05) is 0 Å². The van der Waals surface area contributed by atoms with Crippen molar-refractivity contribution in [3.63, 3.8) is 0 Å². The maximum atomic E-state index is 12.1. The van der Waals surface area contributed by atoms with Crippen LogP contribution in [0.5, 0.6) is 5.75 Å². The largest absolute Gasteiger partial charge is 0.491 e. The van der Waals surface area contributed by atoms with Crippen LogP contribution in [0.4, 0.5) is 0 Å². The summed E-state index contributed by atoms with van der Waals surface area (Å²) in [4.78, 5) is 12.1. The molecule has 1 aromatic heterocycles. The Morgan fingerprint density at radius 2 is 2.26 bits per heavy atom. The molecule has 1 aliphatic heterocycles. The molecule has 7 nitrogen and oxygen atoms in total. The van der Waals surface area contributed by atoms with Crippen LogP contribution in [0.1, 0.15) is 24.4 Å². The third kappa shape index (κ3) is 3.31. The van der Waals surface area contributed by atoms with Gasteiger partial charge in [-0.1, -0.05) is 30.0 Å². The van der Waals surface area contributed by atoms with Gasteiger partial charge in [0.05, 0.1) is 17.8 Å². The topological polar surface area (TPSA) is 81.9 Å². The van der Waals surface area contributed by atoms with E-state index in [-0.39, 0.29) is 11.9 Å². The number of para-hydroxylation sites is 1. The SMILES string of the molecule is O=C(CSc1nnnn1C1CC1)NC1COc2ccccc2C1. The summed E-state index contributed by atoms with van der Waals surface area (Å²) in [5, 5.41) is 15.4. The molecule has 0 spiro atoms. The van der Waals surface area contributed by atoms with E-state index in [2.05, 4.69) is 20.8 Å². The minimum absolute atomic E-state index is 0.0115. The van der Waals surface area contributed by atoms with Crippen LogP contribution >= 0.6 is 11.8 Å². The van der Waals surface area contributed by atoms with Gasteiger partial charge in [-0.2, -0.15) is 0 Å². The molecule has 2 aromatic rings. The summed E-state index contributed by atoms with van der Waals surface area (Å²) in [6, 6.07) is 8.36. The van der Waals surface area contributed by atoms with Crippen LogP contribution in [0, 0.1) is 0 Å². The van der Waals surface area contributed by atoms with Crippen molar-refractivity contribution in [2.75, 3.05) is 12.4 Å². The van der Waals surface area contributed by atoms with Crippen molar-refractivity contribution in [2.24, 2.45) is 0 Å². The molecule has 1 saturated carbocycles. The zero-order chi connectivity index (χ0) is 15.6. The normalized spacial score (nSPS) is 19.7. The highest BCUT2D eigenvalue weighted by atomic mass is 32.2. The average molecular weight is 331 g/mol. The van der Waals surface area contributed by atoms with Crippen LogP contribution in [0.25, 0.3) is 0 Å². The van der Waals surface area contributed by atoms with Crippen LogP contribution in [0.3, 0.4) is 0 Å². The number of fused-ring (bicyclic) bond motifs is 1. The summed E-state index contributed by atoms with van der Waals surface area (Å²) in [6.07, 6.45) is 3.03. The van der Waals surface area contributed by atoms with Gasteiger partial charge >= 0.3 is 0 Å². The fourth-order valence-electron chi connectivity index (χ4n) is 2.65. The molecular weight excluding hydrogens is 314 g/mol. The summed E-state index contributed by atoms with van der Waals surface area (Å²) < 4.78 is 7.51. The fraction of sp³-hybridized carbons (Fsp3) is 0.467. The van der Waals surface area contributed by atoms with E-state index < -0.39 is 0 Å². The number of benzene rings is 1. The molecule has 8 heteroatoms. The molecule has 2 aliphatic rings. The number of aromatic nitrogens is 4. The summed E-state index contributed by atoms with van der Waals surface area (Å²) >= 11 is 1.38. The molecule has 4 rings (SSSR count). The van der Waals surface area contributed by atoms with Gasteiger partial charge in [0.2, 0.25) is 11.1 Å². The molecule has 1 fully saturated rings. The molecule has 0 bridgehead atoms. The summed E-state index contributed by atoms with van der Waals surface area (Å²) in [7, 11) is 0. The van der Waals surface area contributed by atoms with Crippen molar-refractivity contribution < 1.29 is 9.53 Å². The molecule has 1 aromatic carbocycles. The van der Waals surface area contributed by atoms with E-state index in [1.165, 1.54) is 11.8 Å². The van der Waals surface area contributed by atoms with E-state index in [4.69, 9.17) is 4.74 Å². The first-order valence-electron chi connectivity index (χ1n) is 7.70. The van der Waals surface area contributed by atoms with Crippen molar-refractivity contribution in [2.45, 2.75) is 36.5 Å². The lowest BCUT2D eigenvalue weighted by Crippen LogP contribution is -2.43. The molecular formula is C15H17N5O2S. The fourth-order valence-corrected chi connectivity index (χ4v) is 3.40. The number of carbonyl (C=O) groups excluding carboxylic acids is 1. The standard InChI is InChI=1S/C15H17N5O2S/c21-14(9-23-15-17-18-19-20(15)12-5-6-12)16-11-7-10-3-1-2-4-13(10)22-8-11/h1-4,11-12H,5-9H2,(H,16,21). The number of nitrogens with one attached hydrogen (secondary N) is 1. The molecule has 1 unspecified atom stereocenters. The monoisotopic (exact) mass is 331 g/mol. The van der Waals surface area contributed by atoms with E-state index in [1.807, 2.05) is 28.9 Å². The van der Waals surface area contributed by atoms with Gasteiger partial charge in [0.25, 0.3) is 0 Å². The Balaban J connectivity index is 1.30. The number of tetrazole rings is 1. The maximum absolute atomic E-state index is 12.1. The second-order valence-corrected chi connectivity index (χ2v) is 6.76. The highest BCUT2D eigenvalue weighted by Crippen LogP contribution is 2.36. The van der Waals surface area contributed by atoms with E-state index in [0.717, 1.165) is 30.6 Å². The Morgan fingerprint density at radius 3 is 3.13 bits per heavy atom. The molecule has 1 atom stereocenters. The summed E-state index contributed by atoms with van der Waals surface area (Å²) in [5.41, 5.74) is 1.13. The average Bonchev–Trinajstić information content (AvgIpc) is 3.31. The second kappa shape index (κ2) is 6.19. The predicted molar refractivity (Wildman–Crippen MR) is 84.4 cm³/mol. The maximum Gasteiger partial charge on any atom is 0.230 e. The van der Waals surface area contributed by atoms with Crippen LogP contribution in [0.15, 0.2) is 29.4 Å². The van der Waals surface area contributed by atoms with E-state index in [9.17, 15) is 4.79 Å². The summed E-state index contributed by atoms with van der Waals surface area (Å²) in [5.74, 6) is 1.20. The Labute approximate surface area is 137 Å². The van der Waals surface area contributed by atoms with Gasteiger partial charge < -0.3 is 10.1 Å². The molecule has 1 aliphatic carbocycles. The van der Waals surface area contributed by atoms with Crippen molar-refractivity contribution in [1.29, 1.82) is 0 Å². The second-order valence-electron chi connectivity index (χ2n) is 5.81. The van der Waals surface area contributed by atoms with Crippen molar-refractivity contribution >= 4 is 17.7 Å². The van der Waals surface area contributed by atoms with Gasteiger partial charge in [0.1, 0.15) is 12.4 Å². The zero-order valence-corrected chi connectivity index (χ0v) is 13.3.